The lowest BCUT2D eigenvalue weighted by molar-refractivity contribution is 0.192. The first-order valence-electron chi connectivity index (χ1n) is 6.18. The molecule has 0 saturated heterocycles. The lowest BCUT2D eigenvalue weighted by atomic mass is 10.1. The van der Waals surface area contributed by atoms with Crippen LogP contribution in [0.2, 0.25) is 5.02 Å². The van der Waals surface area contributed by atoms with Crippen LogP contribution in [0.1, 0.15) is 23.0 Å². The van der Waals surface area contributed by atoms with Crippen molar-refractivity contribution in [2.75, 3.05) is 0 Å². The highest BCUT2D eigenvalue weighted by Crippen LogP contribution is 2.32. The van der Waals surface area contributed by atoms with Crippen LogP contribution in [0.25, 0.3) is 11.0 Å². The first-order chi connectivity index (χ1) is 9.54. The van der Waals surface area contributed by atoms with Crippen molar-refractivity contribution in [3.05, 3.63) is 70.2 Å². The van der Waals surface area contributed by atoms with Crippen LogP contribution in [-0.4, -0.2) is 5.11 Å². The van der Waals surface area contributed by atoms with Gasteiger partial charge in [-0.1, -0.05) is 23.7 Å². The van der Waals surface area contributed by atoms with Gasteiger partial charge in [-0.05, 0) is 42.8 Å². The minimum Gasteiger partial charge on any atom is -0.458 e. The molecule has 1 unspecified atom stereocenters. The fourth-order valence-electron chi connectivity index (χ4n) is 2.18. The second kappa shape index (κ2) is 4.93. The van der Waals surface area contributed by atoms with E-state index in [9.17, 15) is 9.50 Å². The summed E-state index contributed by atoms with van der Waals surface area (Å²) in [6.45, 7) is 1.92. The SMILES string of the molecule is Cc1ccc(C(O)c2cc3cc(F)ccc3o2)c(Cl)c1. The summed E-state index contributed by atoms with van der Waals surface area (Å²) in [6.07, 6.45) is -0.974. The van der Waals surface area contributed by atoms with E-state index < -0.39 is 6.10 Å². The Bertz CT molecular complexity index is 779. The molecule has 3 aromatic rings. The van der Waals surface area contributed by atoms with Crippen LogP contribution in [-0.2, 0) is 0 Å². The Balaban J connectivity index is 2.05. The number of fused-ring (bicyclic) bond motifs is 1. The summed E-state index contributed by atoms with van der Waals surface area (Å²) in [6, 6.07) is 11.3. The first-order valence-corrected chi connectivity index (χ1v) is 6.55. The number of aliphatic hydroxyl groups excluding tert-OH is 1. The minimum atomic E-state index is -0.974. The Morgan fingerprint density at radius 3 is 2.70 bits per heavy atom. The number of hydrogen-bond donors (Lipinski definition) is 1. The standard InChI is InChI=1S/C16H12ClFO2/c1-9-2-4-12(13(17)6-9)16(19)15-8-10-7-11(18)3-5-14(10)20-15/h2-8,16,19H,1H3. The van der Waals surface area contributed by atoms with Crippen LogP contribution < -0.4 is 0 Å². The third-order valence-corrected chi connectivity index (χ3v) is 3.54. The van der Waals surface area contributed by atoms with Gasteiger partial charge in [-0.15, -0.1) is 0 Å². The van der Waals surface area contributed by atoms with Crippen molar-refractivity contribution < 1.29 is 13.9 Å². The van der Waals surface area contributed by atoms with E-state index >= 15 is 0 Å². The maximum absolute atomic E-state index is 13.2. The van der Waals surface area contributed by atoms with Crippen LogP contribution in [0.4, 0.5) is 4.39 Å². The molecule has 1 atom stereocenters. The number of rotatable bonds is 2. The second-order valence-corrected chi connectivity index (χ2v) is 5.17. The molecular formula is C16H12ClFO2. The molecule has 102 valence electrons. The van der Waals surface area contributed by atoms with Gasteiger partial charge in [0.25, 0.3) is 0 Å². The molecule has 0 radical (unpaired) electrons. The molecule has 0 amide bonds. The average molecular weight is 291 g/mol. The molecule has 2 aromatic carbocycles. The lowest BCUT2D eigenvalue weighted by Gasteiger charge is -2.10. The fraction of sp³-hybridized carbons (Fsp3) is 0.125. The lowest BCUT2D eigenvalue weighted by Crippen LogP contribution is -1.99. The summed E-state index contributed by atoms with van der Waals surface area (Å²) in [5.41, 5.74) is 2.11. The number of aryl methyl sites for hydroxylation is 1. The van der Waals surface area contributed by atoms with E-state index in [0.29, 0.717) is 27.3 Å². The summed E-state index contributed by atoms with van der Waals surface area (Å²) in [7, 11) is 0. The molecule has 1 heterocycles. The summed E-state index contributed by atoms with van der Waals surface area (Å²) in [5.74, 6) is 0.00376. The van der Waals surface area contributed by atoms with E-state index in [1.165, 1.54) is 18.2 Å². The second-order valence-electron chi connectivity index (χ2n) is 4.76. The van der Waals surface area contributed by atoms with Crippen molar-refractivity contribution in [3.8, 4) is 0 Å². The molecule has 4 heteroatoms. The predicted molar refractivity (Wildman–Crippen MR) is 76.4 cm³/mol. The number of benzene rings is 2. The van der Waals surface area contributed by atoms with E-state index in [1.807, 2.05) is 13.0 Å². The molecule has 20 heavy (non-hydrogen) atoms. The monoisotopic (exact) mass is 290 g/mol. The molecule has 3 rings (SSSR count). The molecule has 0 spiro atoms. The molecule has 0 fully saturated rings. The summed E-state index contributed by atoms with van der Waals surface area (Å²) >= 11 is 6.14. The molecule has 0 saturated carbocycles. The smallest absolute Gasteiger partial charge is 0.138 e. The van der Waals surface area contributed by atoms with E-state index in [0.717, 1.165) is 5.56 Å². The third kappa shape index (κ3) is 2.30. The van der Waals surface area contributed by atoms with Gasteiger partial charge < -0.3 is 9.52 Å². The zero-order valence-electron chi connectivity index (χ0n) is 10.7. The van der Waals surface area contributed by atoms with E-state index in [4.69, 9.17) is 16.0 Å². The normalized spacial score (nSPS) is 12.8. The zero-order valence-corrected chi connectivity index (χ0v) is 11.5. The highest BCUT2D eigenvalue weighted by Gasteiger charge is 2.18. The van der Waals surface area contributed by atoms with Gasteiger partial charge in [0.2, 0.25) is 0 Å². The number of aliphatic hydroxyl groups is 1. The van der Waals surface area contributed by atoms with Gasteiger partial charge in [-0.3, -0.25) is 0 Å². The first kappa shape index (κ1) is 13.2. The molecule has 2 nitrogen and oxygen atoms in total. The number of halogens is 2. The largest absolute Gasteiger partial charge is 0.458 e. The van der Waals surface area contributed by atoms with Crippen molar-refractivity contribution in [1.82, 2.24) is 0 Å². The highest BCUT2D eigenvalue weighted by atomic mass is 35.5. The van der Waals surface area contributed by atoms with Crippen molar-refractivity contribution in [1.29, 1.82) is 0 Å². The Labute approximate surface area is 120 Å². The van der Waals surface area contributed by atoms with Crippen LogP contribution in [0.3, 0.4) is 0 Å². The van der Waals surface area contributed by atoms with Crippen molar-refractivity contribution >= 4 is 22.6 Å². The van der Waals surface area contributed by atoms with Gasteiger partial charge in [0.15, 0.2) is 0 Å². The Morgan fingerprint density at radius 1 is 1.15 bits per heavy atom. The zero-order chi connectivity index (χ0) is 14.3. The van der Waals surface area contributed by atoms with E-state index in [2.05, 4.69) is 0 Å². The van der Waals surface area contributed by atoms with E-state index in [-0.39, 0.29) is 5.82 Å². The molecule has 0 aliphatic rings. The average Bonchev–Trinajstić information content (AvgIpc) is 2.81. The quantitative estimate of drug-likeness (QED) is 0.747. The Hall–Kier alpha value is -1.84. The fourth-order valence-corrected chi connectivity index (χ4v) is 2.52. The van der Waals surface area contributed by atoms with Gasteiger partial charge in [0, 0.05) is 16.0 Å². The maximum atomic E-state index is 13.2. The maximum Gasteiger partial charge on any atom is 0.138 e. The molecule has 0 bridgehead atoms. The van der Waals surface area contributed by atoms with Gasteiger partial charge in [0.05, 0.1) is 0 Å². The van der Waals surface area contributed by atoms with Crippen molar-refractivity contribution in [2.24, 2.45) is 0 Å². The van der Waals surface area contributed by atoms with Crippen LogP contribution >= 0.6 is 11.6 Å². The Kier molecular flexibility index (Phi) is 3.24. The van der Waals surface area contributed by atoms with E-state index in [1.54, 1.807) is 18.2 Å². The molecule has 0 aliphatic heterocycles. The summed E-state index contributed by atoms with van der Waals surface area (Å²) < 4.78 is 18.7. The molecule has 1 N–H and O–H groups in total. The number of furan rings is 1. The minimum absolute atomic E-state index is 0.340. The van der Waals surface area contributed by atoms with Gasteiger partial charge in [-0.2, -0.15) is 0 Å². The molecular weight excluding hydrogens is 279 g/mol. The van der Waals surface area contributed by atoms with Crippen LogP contribution in [0.5, 0.6) is 0 Å². The summed E-state index contributed by atoms with van der Waals surface area (Å²) in [5, 5.41) is 11.5. The third-order valence-electron chi connectivity index (χ3n) is 3.22. The molecule has 0 aliphatic carbocycles. The molecule has 1 aromatic heterocycles. The number of hydrogen-bond acceptors (Lipinski definition) is 2. The predicted octanol–water partition coefficient (Wildman–Crippen LogP) is 4.62. The Morgan fingerprint density at radius 2 is 1.95 bits per heavy atom. The van der Waals surface area contributed by atoms with Crippen molar-refractivity contribution in [2.45, 2.75) is 13.0 Å². The topological polar surface area (TPSA) is 33.4 Å². The van der Waals surface area contributed by atoms with Crippen molar-refractivity contribution in [3.63, 3.8) is 0 Å². The highest BCUT2D eigenvalue weighted by molar-refractivity contribution is 6.31. The van der Waals surface area contributed by atoms with Crippen LogP contribution in [0, 0.1) is 12.7 Å². The van der Waals surface area contributed by atoms with Gasteiger partial charge >= 0.3 is 0 Å². The van der Waals surface area contributed by atoms with Crippen LogP contribution in [0.15, 0.2) is 46.9 Å². The van der Waals surface area contributed by atoms with Gasteiger partial charge in [0.1, 0.15) is 23.3 Å². The van der Waals surface area contributed by atoms with Gasteiger partial charge in [-0.25, -0.2) is 4.39 Å². The summed E-state index contributed by atoms with van der Waals surface area (Å²) in [4.78, 5) is 0.